The Labute approximate surface area is 194 Å². The molecule has 0 unspecified atom stereocenters. The molecule has 0 aliphatic rings. The number of ether oxygens (including phenoxy) is 2. The Kier molecular flexibility index (Phi) is 5.99. The Morgan fingerprint density at radius 1 is 0.788 bits per heavy atom. The fourth-order valence-electron chi connectivity index (χ4n) is 4.18. The summed E-state index contributed by atoms with van der Waals surface area (Å²) in [7, 11) is 0. The minimum Gasteiger partial charge on any atom is -0.493 e. The maximum Gasteiger partial charge on any atom is 0.147 e. The van der Waals surface area contributed by atoms with Gasteiger partial charge >= 0.3 is 0 Å². The zero-order valence-electron chi connectivity index (χ0n) is 19.1. The van der Waals surface area contributed by atoms with E-state index in [1.54, 1.807) is 0 Å². The zero-order chi connectivity index (χ0) is 22.6. The van der Waals surface area contributed by atoms with Gasteiger partial charge in [-0.3, -0.25) is 0 Å². The lowest BCUT2D eigenvalue weighted by molar-refractivity contribution is 0.280. The van der Waals surface area contributed by atoms with Gasteiger partial charge in [0.2, 0.25) is 0 Å². The Morgan fingerprint density at radius 2 is 1.61 bits per heavy atom. The number of benzene rings is 4. The summed E-state index contributed by atoms with van der Waals surface area (Å²) in [4.78, 5) is 4.85. The number of hydrogen-bond acceptors (Lipinski definition) is 3. The Bertz CT molecular complexity index is 1400. The first-order chi connectivity index (χ1) is 16.2. The van der Waals surface area contributed by atoms with Gasteiger partial charge in [0.05, 0.1) is 17.6 Å². The lowest BCUT2D eigenvalue weighted by Crippen LogP contribution is -2.10. The van der Waals surface area contributed by atoms with Gasteiger partial charge in [-0.15, -0.1) is 0 Å². The quantitative estimate of drug-likeness (QED) is 0.249. The molecule has 0 aliphatic carbocycles. The summed E-state index contributed by atoms with van der Waals surface area (Å²) in [6.07, 6.45) is 0.886. The van der Waals surface area contributed by atoms with Gasteiger partial charge < -0.3 is 14.0 Å². The molecule has 0 amide bonds. The molecule has 0 saturated carbocycles. The van der Waals surface area contributed by atoms with Crippen molar-refractivity contribution in [1.29, 1.82) is 0 Å². The lowest BCUT2D eigenvalue weighted by Gasteiger charge is -2.13. The van der Waals surface area contributed by atoms with Crippen LogP contribution in [0.15, 0.2) is 84.9 Å². The lowest BCUT2D eigenvalue weighted by atomic mass is 10.1. The number of rotatable bonds is 8. The standard InChI is InChI=1S/C29H28N2O2/c1-21-9-7-14-28(22(21)2)32-18-8-17-31-27-13-6-5-12-26(27)30-29(31)20-33-25-16-15-23-10-3-4-11-24(23)19-25/h3-7,9-16,19H,8,17-18,20H2,1-2H3. The Hall–Kier alpha value is -3.79. The molecule has 0 aliphatic heterocycles. The van der Waals surface area contributed by atoms with Crippen LogP contribution in [-0.4, -0.2) is 16.2 Å². The van der Waals surface area contributed by atoms with Crippen molar-refractivity contribution in [2.45, 2.75) is 33.4 Å². The van der Waals surface area contributed by atoms with Crippen LogP contribution in [0.5, 0.6) is 11.5 Å². The van der Waals surface area contributed by atoms with Crippen molar-refractivity contribution in [3.63, 3.8) is 0 Å². The molecule has 1 aromatic heterocycles. The van der Waals surface area contributed by atoms with Crippen molar-refractivity contribution >= 4 is 21.8 Å². The highest BCUT2D eigenvalue weighted by Gasteiger charge is 2.12. The molecule has 0 fully saturated rings. The van der Waals surface area contributed by atoms with Crippen LogP contribution in [0.2, 0.25) is 0 Å². The van der Waals surface area contributed by atoms with Crippen LogP contribution in [0.4, 0.5) is 0 Å². The highest BCUT2D eigenvalue weighted by molar-refractivity contribution is 5.83. The summed E-state index contributed by atoms with van der Waals surface area (Å²) < 4.78 is 14.5. The van der Waals surface area contributed by atoms with E-state index in [-0.39, 0.29) is 0 Å². The van der Waals surface area contributed by atoms with Crippen LogP contribution in [0.3, 0.4) is 0 Å². The minimum atomic E-state index is 0.421. The molecule has 4 aromatic carbocycles. The van der Waals surface area contributed by atoms with Gasteiger partial charge in [-0.05, 0) is 72.5 Å². The Balaban J connectivity index is 1.30. The fourth-order valence-corrected chi connectivity index (χ4v) is 4.18. The molecule has 0 bridgehead atoms. The maximum atomic E-state index is 6.16. The molecule has 33 heavy (non-hydrogen) atoms. The number of aromatic nitrogens is 2. The van der Waals surface area contributed by atoms with Crippen LogP contribution >= 0.6 is 0 Å². The van der Waals surface area contributed by atoms with Gasteiger partial charge in [-0.1, -0.05) is 54.6 Å². The second kappa shape index (κ2) is 9.37. The average molecular weight is 437 g/mol. The number of para-hydroxylation sites is 2. The molecule has 5 aromatic rings. The van der Waals surface area contributed by atoms with Gasteiger partial charge in [-0.25, -0.2) is 4.98 Å². The molecule has 0 spiro atoms. The fraction of sp³-hybridized carbons (Fsp3) is 0.207. The number of fused-ring (bicyclic) bond motifs is 2. The van der Waals surface area contributed by atoms with E-state index >= 15 is 0 Å². The zero-order valence-corrected chi connectivity index (χ0v) is 19.1. The van der Waals surface area contributed by atoms with Crippen LogP contribution in [0, 0.1) is 13.8 Å². The second-order valence-corrected chi connectivity index (χ2v) is 8.37. The number of aryl methyl sites for hydroxylation is 2. The van der Waals surface area contributed by atoms with Crippen LogP contribution in [-0.2, 0) is 13.2 Å². The third-order valence-electron chi connectivity index (χ3n) is 6.16. The molecule has 0 radical (unpaired) electrons. The van der Waals surface area contributed by atoms with Gasteiger partial charge in [-0.2, -0.15) is 0 Å². The normalized spacial score (nSPS) is 11.2. The number of nitrogens with zero attached hydrogens (tertiary/aromatic N) is 2. The molecule has 0 N–H and O–H groups in total. The summed E-state index contributed by atoms with van der Waals surface area (Å²) in [6.45, 7) is 6.12. The van der Waals surface area contributed by atoms with E-state index in [9.17, 15) is 0 Å². The van der Waals surface area contributed by atoms with Crippen molar-refractivity contribution in [3.05, 3.63) is 102 Å². The van der Waals surface area contributed by atoms with Crippen LogP contribution in [0.25, 0.3) is 21.8 Å². The van der Waals surface area contributed by atoms with Gasteiger partial charge in [0.1, 0.15) is 23.9 Å². The Morgan fingerprint density at radius 3 is 2.52 bits per heavy atom. The van der Waals surface area contributed by atoms with E-state index in [1.165, 1.54) is 21.9 Å². The van der Waals surface area contributed by atoms with E-state index in [1.807, 2.05) is 30.3 Å². The summed E-state index contributed by atoms with van der Waals surface area (Å²) in [5, 5.41) is 2.38. The third-order valence-corrected chi connectivity index (χ3v) is 6.16. The molecule has 166 valence electrons. The molecule has 0 atom stereocenters. The molecule has 5 rings (SSSR count). The van der Waals surface area contributed by atoms with Crippen molar-refractivity contribution in [2.75, 3.05) is 6.61 Å². The smallest absolute Gasteiger partial charge is 0.147 e. The third kappa shape index (κ3) is 4.56. The maximum absolute atomic E-state index is 6.16. The van der Waals surface area contributed by atoms with Crippen molar-refractivity contribution in [1.82, 2.24) is 9.55 Å². The van der Waals surface area contributed by atoms with E-state index in [0.29, 0.717) is 13.2 Å². The topological polar surface area (TPSA) is 36.3 Å². The summed E-state index contributed by atoms with van der Waals surface area (Å²) in [6, 6.07) is 29.0. The van der Waals surface area contributed by atoms with Gasteiger partial charge in [0, 0.05) is 6.54 Å². The molecule has 4 nitrogen and oxygen atoms in total. The predicted octanol–water partition coefficient (Wildman–Crippen LogP) is 6.85. The van der Waals surface area contributed by atoms with E-state index in [4.69, 9.17) is 14.5 Å². The predicted molar refractivity (Wildman–Crippen MR) is 134 cm³/mol. The first kappa shape index (κ1) is 21.1. The van der Waals surface area contributed by atoms with Crippen LogP contribution < -0.4 is 9.47 Å². The van der Waals surface area contributed by atoms with E-state index in [2.05, 4.69) is 73.0 Å². The van der Waals surface area contributed by atoms with Crippen LogP contribution in [0.1, 0.15) is 23.4 Å². The van der Waals surface area contributed by atoms with Gasteiger partial charge in [0.25, 0.3) is 0 Å². The average Bonchev–Trinajstić information content (AvgIpc) is 3.20. The van der Waals surface area contributed by atoms with Crippen molar-refractivity contribution in [2.24, 2.45) is 0 Å². The number of imidazole rings is 1. The molecule has 1 heterocycles. The largest absolute Gasteiger partial charge is 0.493 e. The summed E-state index contributed by atoms with van der Waals surface area (Å²) in [5.41, 5.74) is 4.57. The molecular formula is C29H28N2O2. The molecule has 0 saturated heterocycles. The summed E-state index contributed by atoms with van der Waals surface area (Å²) >= 11 is 0. The van der Waals surface area contributed by atoms with Gasteiger partial charge in [0.15, 0.2) is 0 Å². The first-order valence-corrected chi connectivity index (χ1v) is 11.4. The first-order valence-electron chi connectivity index (χ1n) is 11.4. The minimum absolute atomic E-state index is 0.421. The summed E-state index contributed by atoms with van der Waals surface area (Å²) in [5.74, 6) is 2.74. The van der Waals surface area contributed by atoms with Crippen molar-refractivity contribution < 1.29 is 9.47 Å². The highest BCUT2D eigenvalue weighted by atomic mass is 16.5. The van der Waals surface area contributed by atoms with E-state index in [0.717, 1.165) is 41.3 Å². The van der Waals surface area contributed by atoms with Crippen molar-refractivity contribution in [3.8, 4) is 11.5 Å². The number of hydrogen-bond donors (Lipinski definition) is 0. The van der Waals surface area contributed by atoms with E-state index < -0.39 is 0 Å². The highest BCUT2D eigenvalue weighted by Crippen LogP contribution is 2.24. The molecule has 4 heteroatoms. The second-order valence-electron chi connectivity index (χ2n) is 8.37. The monoisotopic (exact) mass is 436 g/mol. The SMILES string of the molecule is Cc1cccc(OCCCn2c(COc3ccc4ccccc4c3)nc3ccccc32)c1C. The molecular weight excluding hydrogens is 408 g/mol.